The number of carbonyl (C=O) groups excluding carboxylic acids is 2. The van der Waals surface area contributed by atoms with Crippen LogP contribution in [0.2, 0.25) is 10.0 Å². The maximum Gasteiger partial charge on any atom is 0.243 e. The van der Waals surface area contributed by atoms with Crippen molar-refractivity contribution in [1.29, 1.82) is 0 Å². The maximum atomic E-state index is 11.8. The molecule has 0 saturated heterocycles. The molecule has 1 aromatic carbocycles. The molecule has 1 atom stereocenters. The Kier molecular flexibility index (Phi) is 6.45. The van der Waals surface area contributed by atoms with E-state index in [4.69, 9.17) is 28.9 Å². The molecule has 116 valence electrons. The molecule has 0 radical (unpaired) electrons. The van der Waals surface area contributed by atoms with Crippen molar-refractivity contribution in [2.24, 2.45) is 11.7 Å². The van der Waals surface area contributed by atoms with E-state index in [0.717, 1.165) is 5.56 Å². The molecule has 7 heteroatoms. The molecule has 1 aromatic rings. The number of carbonyl (C=O) groups is 2. The van der Waals surface area contributed by atoms with Crippen LogP contribution in [0.25, 0.3) is 0 Å². The van der Waals surface area contributed by atoms with Crippen molar-refractivity contribution in [2.75, 3.05) is 11.9 Å². The first-order chi connectivity index (χ1) is 9.72. The Labute approximate surface area is 134 Å². The maximum absolute atomic E-state index is 11.8. The van der Waals surface area contributed by atoms with E-state index in [0.29, 0.717) is 15.7 Å². The largest absolute Gasteiger partial charge is 0.346 e. The predicted octanol–water partition coefficient (Wildman–Crippen LogP) is 2.34. The summed E-state index contributed by atoms with van der Waals surface area (Å²) in [6.07, 6.45) is 0. The fraction of sp³-hybridized carbons (Fsp3) is 0.429. The summed E-state index contributed by atoms with van der Waals surface area (Å²) < 4.78 is 0. The predicted molar refractivity (Wildman–Crippen MR) is 85.7 cm³/mol. The molecule has 0 spiro atoms. The molecule has 0 unspecified atom stereocenters. The number of amides is 2. The summed E-state index contributed by atoms with van der Waals surface area (Å²) in [4.78, 5) is 23.4. The Bertz CT molecular complexity index is 547. The topological polar surface area (TPSA) is 84.2 Å². The number of nitrogens with two attached hydrogens (primary N) is 1. The van der Waals surface area contributed by atoms with E-state index >= 15 is 0 Å². The van der Waals surface area contributed by atoms with Crippen LogP contribution in [0.5, 0.6) is 0 Å². The summed E-state index contributed by atoms with van der Waals surface area (Å²) in [5, 5.41) is 5.95. The second kappa shape index (κ2) is 7.64. The van der Waals surface area contributed by atoms with Gasteiger partial charge in [0.15, 0.2) is 0 Å². The Balaban J connectivity index is 2.59. The van der Waals surface area contributed by atoms with Crippen LogP contribution in [0, 0.1) is 12.8 Å². The normalized spacial score (nSPS) is 12.1. The van der Waals surface area contributed by atoms with Gasteiger partial charge in [0.2, 0.25) is 11.8 Å². The van der Waals surface area contributed by atoms with Gasteiger partial charge in [0.25, 0.3) is 0 Å². The van der Waals surface area contributed by atoms with Gasteiger partial charge in [-0.2, -0.15) is 0 Å². The van der Waals surface area contributed by atoms with Crippen molar-refractivity contribution in [3.8, 4) is 0 Å². The highest BCUT2D eigenvalue weighted by Gasteiger charge is 2.17. The lowest BCUT2D eigenvalue weighted by Gasteiger charge is -2.15. The van der Waals surface area contributed by atoms with E-state index in [-0.39, 0.29) is 18.4 Å². The van der Waals surface area contributed by atoms with Crippen LogP contribution in [-0.4, -0.2) is 24.4 Å². The van der Waals surface area contributed by atoms with Crippen LogP contribution in [0.4, 0.5) is 5.69 Å². The van der Waals surface area contributed by atoms with E-state index in [9.17, 15) is 9.59 Å². The van der Waals surface area contributed by atoms with E-state index in [1.54, 1.807) is 12.1 Å². The third-order valence-electron chi connectivity index (χ3n) is 2.97. The Morgan fingerprint density at radius 3 is 2.43 bits per heavy atom. The van der Waals surface area contributed by atoms with Gasteiger partial charge in [-0.25, -0.2) is 0 Å². The fourth-order valence-corrected chi connectivity index (χ4v) is 1.95. The van der Waals surface area contributed by atoms with Gasteiger partial charge in [0.1, 0.15) is 0 Å². The van der Waals surface area contributed by atoms with Crippen molar-refractivity contribution in [3.63, 3.8) is 0 Å². The molecule has 0 fully saturated rings. The molecule has 0 bridgehead atoms. The zero-order valence-corrected chi connectivity index (χ0v) is 13.7. The number of benzene rings is 1. The van der Waals surface area contributed by atoms with E-state index in [1.165, 1.54) is 0 Å². The number of hydrogen-bond donors (Lipinski definition) is 3. The molecule has 4 N–H and O–H groups in total. The number of hydrogen-bond acceptors (Lipinski definition) is 3. The van der Waals surface area contributed by atoms with Gasteiger partial charge in [-0.15, -0.1) is 0 Å². The molecule has 0 aliphatic heterocycles. The first kappa shape index (κ1) is 17.8. The lowest BCUT2D eigenvalue weighted by atomic mass is 10.1. The van der Waals surface area contributed by atoms with E-state index in [1.807, 2.05) is 20.8 Å². The molecule has 21 heavy (non-hydrogen) atoms. The summed E-state index contributed by atoms with van der Waals surface area (Å²) in [5.41, 5.74) is 6.90. The standard InChI is InChI=1S/C14H19Cl2N3O2/c1-7(2)13(17)14(21)18-6-12(20)19-11-5-9(15)8(3)4-10(11)16/h4-5,7,13H,6,17H2,1-3H3,(H,18,21)(H,19,20)/t13-/m0/s1. The minimum absolute atomic E-state index is 0.00147. The Hall–Kier alpha value is -1.30. The lowest BCUT2D eigenvalue weighted by Crippen LogP contribution is -2.46. The monoisotopic (exact) mass is 331 g/mol. The highest BCUT2D eigenvalue weighted by molar-refractivity contribution is 6.36. The van der Waals surface area contributed by atoms with Gasteiger partial charge in [0, 0.05) is 5.02 Å². The van der Waals surface area contributed by atoms with Gasteiger partial charge >= 0.3 is 0 Å². The van der Waals surface area contributed by atoms with Gasteiger partial charge in [0.05, 0.1) is 23.3 Å². The average Bonchev–Trinajstić information content (AvgIpc) is 2.41. The average molecular weight is 332 g/mol. The Morgan fingerprint density at radius 2 is 1.86 bits per heavy atom. The molecule has 2 amide bonds. The molecule has 0 aliphatic rings. The van der Waals surface area contributed by atoms with Crippen molar-refractivity contribution >= 4 is 40.7 Å². The molecule has 1 rings (SSSR count). The number of rotatable bonds is 5. The van der Waals surface area contributed by atoms with Gasteiger partial charge in [-0.1, -0.05) is 37.0 Å². The van der Waals surface area contributed by atoms with Gasteiger partial charge in [-0.3, -0.25) is 9.59 Å². The summed E-state index contributed by atoms with van der Waals surface area (Å²) in [7, 11) is 0. The quantitative estimate of drug-likeness (QED) is 0.774. The van der Waals surface area contributed by atoms with Crippen molar-refractivity contribution < 1.29 is 9.59 Å². The minimum Gasteiger partial charge on any atom is -0.346 e. The second-order valence-corrected chi connectivity index (χ2v) is 5.93. The summed E-state index contributed by atoms with van der Waals surface area (Å²) in [6, 6.07) is 2.58. The fourth-order valence-electron chi connectivity index (χ4n) is 1.52. The second-order valence-electron chi connectivity index (χ2n) is 5.12. The SMILES string of the molecule is Cc1cc(Cl)c(NC(=O)CNC(=O)[C@@H](N)C(C)C)cc1Cl. The molecule has 0 saturated carbocycles. The minimum atomic E-state index is -0.643. The molecule has 0 heterocycles. The van der Waals surface area contributed by atoms with E-state index < -0.39 is 11.9 Å². The van der Waals surface area contributed by atoms with Crippen LogP contribution < -0.4 is 16.4 Å². The highest BCUT2D eigenvalue weighted by Crippen LogP contribution is 2.28. The van der Waals surface area contributed by atoms with Gasteiger partial charge in [-0.05, 0) is 30.5 Å². The number of halogens is 2. The third-order valence-corrected chi connectivity index (χ3v) is 3.69. The summed E-state index contributed by atoms with van der Waals surface area (Å²) >= 11 is 12.0. The van der Waals surface area contributed by atoms with Gasteiger partial charge < -0.3 is 16.4 Å². The summed E-state index contributed by atoms with van der Waals surface area (Å²) in [5.74, 6) is -0.771. The van der Waals surface area contributed by atoms with Crippen molar-refractivity contribution in [3.05, 3.63) is 27.7 Å². The zero-order chi connectivity index (χ0) is 16.2. The van der Waals surface area contributed by atoms with Crippen LogP contribution in [0.1, 0.15) is 19.4 Å². The van der Waals surface area contributed by atoms with Crippen LogP contribution in [0.3, 0.4) is 0 Å². The van der Waals surface area contributed by atoms with Crippen LogP contribution in [0.15, 0.2) is 12.1 Å². The molecule has 5 nitrogen and oxygen atoms in total. The lowest BCUT2D eigenvalue weighted by molar-refractivity contribution is -0.125. The first-order valence-electron chi connectivity index (χ1n) is 6.51. The number of aryl methyl sites for hydroxylation is 1. The molecule has 0 aromatic heterocycles. The highest BCUT2D eigenvalue weighted by atomic mass is 35.5. The zero-order valence-electron chi connectivity index (χ0n) is 12.2. The molecule has 0 aliphatic carbocycles. The first-order valence-corrected chi connectivity index (χ1v) is 7.26. The molecular formula is C14H19Cl2N3O2. The smallest absolute Gasteiger partial charge is 0.243 e. The van der Waals surface area contributed by atoms with Crippen LogP contribution in [-0.2, 0) is 9.59 Å². The number of anilines is 1. The number of nitrogens with one attached hydrogen (secondary N) is 2. The van der Waals surface area contributed by atoms with E-state index in [2.05, 4.69) is 10.6 Å². The Morgan fingerprint density at radius 1 is 1.24 bits per heavy atom. The van der Waals surface area contributed by atoms with Crippen LogP contribution >= 0.6 is 23.2 Å². The van der Waals surface area contributed by atoms with Crippen molar-refractivity contribution in [2.45, 2.75) is 26.8 Å². The summed E-state index contributed by atoms with van der Waals surface area (Å²) in [6.45, 7) is 5.30. The van der Waals surface area contributed by atoms with Crippen molar-refractivity contribution in [1.82, 2.24) is 5.32 Å². The molecular weight excluding hydrogens is 313 g/mol. The third kappa shape index (κ3) is 5.19.